The minimum atomic E-state index is -1.38. The largest absolute Gasteiger partial charge is 0.452 e. The third-order valence-corrected chi connectivity index (χ3v) is 5.88. The summed E-state index contributed by atoms with van der Waals surface area (Å²) >= 11 is 5.85. The SMILES string of the molecule is NC(=O)C1(C(=O)N(c2ccc(F)cc2)c2ccc(Oc3ccnc4nc(Cl)cnc34)c(F)c2)CC1. The molecule has 1 fully saturated rings. The van der Waals surface area contributed by atoms with Crippen molar-refractivity contribution in [2.45, 2.75) is 12.8 Å². The van der Waals surface area contributed by atoms with Gasteiger partial charge in [-0.1, -0.05) is 11.6 Å². The minimum absolute atomic E-state index is 0.116. The van der Waals surface area contributed by atoms with Crippen molar-refractivity contribution in [2.24, 2.45) is 11.1 Å². The van der Waals surface area contributed by atoms with E-state index in [0.29, 0.717) is 0 Å². The summed E-state index contributed by atoms with van der Waals surface area (Å²) in [6.45, 7) is 0. The van der Waals surface area contributed by atoms with Gasteiger partial charge < -0.3 is 10.5 Å². The van der Waals surface area contributed by atoms with Gasteiger partial charge >= 0.3 is 0 Å². The highest BCUT2D eigenvalue weighted by molar-refractivity contribution is 6.29. The molecular weight excluding hydrogens is 480 g/mol. The molecule has 2 aromatic carbocycles. The van der Waals surface area contributed by atoms with Crippen molar-refractivity contribution in [3.05, 3.63) is 77.7 Å². The van der Waals surface area contributed by atoms with Crippen LogP contribution in [-0.4, -0.2) is 26.8 Å². The Balaban J connectivity index is 1.52. The van der Waals surface area contributed by atoms with Gasteiger partial charge in [0.2, 0.25) is 11.8 Å². The zero-order valence-electron chi connectivity index (χ0n) is 17.9. The Morgan fingerprint density at radius 1 is 1.00 bits per heavy atom. The summed E-state index contributed by atoms with van der Waals surface area (Å²) in [5.74, 6) is -2.64. The van der Waals surface area contributed by atoms with Gasteiger partial charge in [0, 0.05) is 24.0 Å². The van der Waals surface area contributed by atoms with E-state index in [0.717, 1.165) is 23.1 Å². The van der Waals surface area contributed by atoms with Crippen molar-refractivity contribution in [1.29, 1.82) is 0 Å². The molecule has 11 heteroatoms. The summed E-state index contributed by atoms with van der Waals surface area (Å²) < 4.78 is 34.4. The smallest absolute Gasteiger partial charge is 0.247 e. The Kier molecular flexibility index (Phi) is 5.52. The predicted molar refractivity (Wildman–Crippen MR) is 123 cm³/mol. The molecule has 2 amide bonds. The minimum Gasteiger partial charge on any atom is -0.452 e. The number of rotatable bonds is 6. The average molecular weight is 496 g/mol. The second-order valence-corrected chi connectivity index (χ2v) is 8.34. The topological polar surface area (TPSA) is 111 Å². The van der Waals surface area contributed by atoms with Crippen LogP contribution in [0.2, 0.25) is 5.15 Å². The van der Waals surface area contributed by atoms with E-state index in [9.17, 15) is 14.0 Å². The van der Waals surface area contributed by atoms with Gasteiger partial charge in [0.05, 0.1) is 11.9 Å². The third kappa shape index (κ3) is 4.12. The normalized spacial score (nSPS) is 13.9. The van der Waals surface area contributed by atoms with Crippen LogP contribution in [-0.2, 0) is 9.59 Å². The maximum atomic E-state index is 15.2. The van der Waals surface area contributed by atoms with Gasteiger partial charge in [-0.25, -0.2) is 23.7 Å². The first kappa shape index (κ1) is 22.6. The van der Waals surface area contributed by atoms with E-state index in [1.165, 1.54) is 42.7 Å². The van der Waals surface area contributed by atoms with Crippen LogP contribution in [0.3, 0.4) is 0 Å². The lowest BCUT2D eigenvalue weighted by Gasteiger charge is -2.26. The van der Waals surface area contributed by atoms with Gasteiger partial charge in [-0.15, -0.1) is 0 Å². The number of nitrogens with two attached hydrogens (primary N) is 1. The van der Waals surface area contributed by atoms with Crippen LogP contribution in [0.4, 0.5) is 20.2 Å². The molecule has 0 aliphatic heterocycles. The van der Waals surface area contributed by atoms with Gasteiger partial charge in [-0.2, -0.15) is 0 Å². The number of fused-ring (bicyclic) bond motifs is 1. The molecule has 1 aliphatic rings. The van der Waals surface area contributed by atoms with Crippen LogP contribution in [0.5, 0.6) is 11.5 Å². The number of amides is 2. The molecule has 0 spiro atoms. The van der Waals surface area contributed by atoms with Crippen LogP contribution < -0.4 is 15.4 Å². The fraction of sp³-hybridized carbons (Fsp3) is 0.125. The second-order valence-electron chi connectivity index (χ2n) is 7.95. The third-order valence-electron chi connectivity index (χ3n) is 5.69. The molecule has 0 bridgehead atoms. The van der Waals surface area contributed by atoms with Gasteiger partial charge in [0.25, 0.3) is 0 Å². The van der Waals surface area contributed by atoms with Crippen molar-refractivity contribution in [3.8, 4) is 11.5 Å². The molecule has 0 radical (unpaired) electrons. The van der Waals surface area contributed by atoms with E-state index in [1.807, 2.05) is 0 Å². The van der Waals surface area contributed by atoms with Crippen LogP contribution in [0.25, 0.3) is 11.2 Å². The summed E-state index contributed by atoms with van der Waals surface area (Å²) in [6.07, 6.45) is 3.30. The summed E-state index contributed by atoms with van der Waals surface area (Å²) in [7, 11) is 0. The van der Waals surface area contributed by atoms with E-state index >= 15 is 4.39 Å². The molecule has 176 valence electrons. The van der Waals surface area contributed by atoms with E-state index in [2.05, 4.69) is 15.0 Å². The zero-order chi connectivity index (χ0) is 24.7. The first-order valence-corrected chi connectivity index (χ1v) is 10.8. The first-order valence-electron chi connectivity index (χ1n) is 10.4. The fourth-order valence-corrected chi connectivity index (χ4v) is 3.80. The molecule has 2 N–H and O–H groups in total. The Labute approximate surface area is 202 Å². The van der Waals surface area contributed by atoms with Gasteiger partial charge in [0.15, 0.2) is 28.5 Å². The molecule has 2 aromatic heterocycles. The van der Waals surface area contributed by atoms with E-state index in [-0.39, 0.29) is 52.0 Å². The monoisotopic (exact) mass is 495 g/mol. The van der Waals surface area contributed by atoms with Crippen LogP contribution in [0, 0.1) is 17.0 Å². The van der Waals surface area contributed by atoms with E-state index < -0.39 is 28.9 Å². The zero-order valence-corrected chi connectivity index (χ0v) is 18.7. The standard InChI is InChI=1S/C24H16ClF2N5O3/c25-19-12-30-20-18(7-10-29-21(20)31-19)35-17-6-5-15(11-16(17)27)32(14-3-1-13(26)2-4-14)23(34)24(8-9-24)22(28)33/h1-7,10-12H,8-9H2,(H2,28,33). The van der Waals surface area contributed by atoms with Crippen molar-refractivity contribution in [3.63, 3.8) is 0 Å². The number of anilines is 2. The summed E-state index contributed by atoms with van der Waals surface area (Å²) in [4.78, 5) is 38.8. The summed E-state index contributed by atoms with van der Waals surface area (Å²) in [5, 5.41) is 0.146. The Hall–Kier alpha value is -4.18. The van der Waals surface area contributed by atoms with Crippen LogP contribution >= 0.6 is 11.6 Å². The lowest BCUT2D eigenvalue weighted by Crippen LogP contribution is -2.41. The lowest BCUT2D eigenvalue weighted by molar-refractivity contribution is -0.133. The number of aromatic nitrogens is 3. The van der Waals surface area contributed by atoms with Gasteiger partial charge in [-0.05, 0) is 49.2 Å². The number of carbonyl (C=O) groups excluding carboxylic acids is 2. The molecule has 0 unspecified atom stereocenters. The predicted octanol–water partition coefficient (Wildman–Crippen LogP) is 4.68. The molecule has 1 aliphatic carbocycles. The van der Waals surface area contributed by atoms with E-state index in [1.54, 1.807) is 0 Å². The molecule has 8 nitrogen and oxygen atoms in total. The summed E-state index contributed by atoms with van der Waals surface area (Å²) in [6, 6.07) is 10.4. The maximum absolute atomic E-state index is 15.2. The Morgan fingerprint density at radius 3 is 2.37 bits per heavy atom. The Morgan fingerprint density at radius 2 is 1.71 bits per heavy atom. The molecule has 35 heavy (non-hydrogen) atoms. The quantitative estimate of drug-likeness (QED) is 0.389. The number of hydrogen-bond acceptors (Lipinski definition) is 6. The van der Waals surface area contributed by atoms with Gasteiger partial charge in [-0.3, -0.25) is 14.5 Å². The number of primary amides is 1. The average Bonchev–Trinajstić information content (AvgIpc) is 3.64. The molecule has 1 saturated carbocycles. The van der Waals surface area contributed by atoms with Crippen molar-refractivity contribution < 1.29 is 23.1 Å². The van der Waals surface area contributed by atoms with Crippen molar-refractivity contribution >= 4 is 46.0 Å². The number of ether oxygens (including phenoxy) is 1. The molecule has 5 rings (SSSR count). The highest BCUT2D eigenvalue weighted by Crippen LogP contribution is 2.49. The fourth-order valence-electron chi connectivity index (χ4n) is 3.67. The highest BCUT2D eigenvalue weighted by Gasteiger charge is 2.57. The van der Waals surface area contributed by atoms with Crippen LogP contribution in [0.15, 0.2) is 60.9 Å². The van der Waals surface area contributed by atoms with E-state index in [4.69, 9.17) is 22.1 Å². The number of benzene rings is 2. The molecule has 0 saturated heterocycles. The molecule has 0 atom stereocenters. The lowest BCUT2D eigenvalue weighted by atomic mass is 10.0. The molecular formula is C24H16ClF2N5O3. The maximum Gasteiger partial charge on any atom is 0.247 e. The first-order chi connectivity index (χ1) is 16.8. The summed E-state index contributed by atoms with van der Waals surface area (Å²) in [5.41, 5.74) is 4.97. The number of pyridine rings is 1. The number of halogens is 3. The van der Waals surface area contributed by atoms with Gasteiger partial charge in [0.1, 0.15) is 16.4 Å². The number of carbonyl (C=O) groups is 2. The number of nitrogens with zero attached hydrogens (tertiary/aromatic N) is 4. The number of hydrogen-bond donors (Lipinski definition) is 1. The highest BCUT2D eigenvalue weighted by atomic mass is 35.5. The second kappa shape index (κ2) is 8.55. The molecule has 2 heterocycles. The molecule has 4 aromatic rings. The van der Waals surface area contributed by atoms with Crippen molar-refractivity contribution in [2.75, 3.05) is 4.90 Å². The van der Waals surface area contributed by atoms with Crippen LogP contribution in [0.1, 0.15) is 12.8 Å². The Bertz CT molecular complexity index is 1480. The van der Waals surface area contributed by atoms with Crippen molar-refractivity contribution in [1.82, 2.24) is 15.0 Å².